The lowest BCUT2D eigenvalue weighted by atomic mass is 9.79. The zero-order chi connectivity index (χ0) is 23.4. The Kier molecular flexibility index (Phi) is 5.41. The summed E-state index contributed by atoms with van der Waals surface area (Å²) in [5.41, 5.74) is 1.64. The zero-order valence-corrected chi connectivity index (χ0v) is 20.1. The van der Waals surface area contributed by atoms with Gasteiger partial charge in [-0.25, -0.2) is 9.18 Å². The molecule has 5 rings (SSSR count). The van der Waals surface area contributed by atoms with Gasteiger partial charge in [0.2, 0.25) is 0 Å². The summed E-state index contributed by atoms with van der Waals surface area (Å²) in [6, 6.07) is 12.3. The number of aromatic nitrogens is 1. The summed E-state index contributed by atoms with van der Waals surface area (Å²) in [7, 11) is 0. The van der Waals surface area contributed by atoms with E-state index in [1.54, 1.807) is 12.1 Å². The number of fused-ring (bicyclic) bond motifs is 1. The second-order valence-electron chi connectivity index (χ2n) is 9.57. The summed E-state index contributed by atoms with van der Waals surface area (Å²) in [5.74, 6) is -0.271. The van der Waals surface area contributed by atoms with Gasteiger partial charge in [0.05, 0.1) is 11.1 Å². The molecule has 33 heavy (non-hydrogen) atoms. The number of hydrogen-bond acceptors (Lipinski definition) is 2. The smallest absolute Gasteiger partial charge is 0.319 e. The highest BCUT2D eigenvalue weighted by Crippen LogP contribution is 2.50. The minimum Gasteiger partial charge on any atom is -0.329 e. The van der Waals surface area contributed by atoms with E-state index in [4.69, 9.17) is 11.6 Å². The third kappa shape index (κ3) is 3.26. The molecule has 1 aromatic heterocycles. The highest BCUT2D eigenvalue weighted by Gasteiger charge is 2.62. The largest absolute Gasteiger partial charge is 0.329 e. The lowest BCUT2D eigenvalue weighted by Gasteiger charge is -2.53. The van der Waals surface area contributed by atoms with Gasteiger partial charge >= 0.3 is 6.03 Å². The highest BCUT2D eigenvalue weighted by molar-refractivity contribution is 6.31. The maximum absolute atomic E-state index is 13.7. The van der Waals surface area contributed by atoms with Crippen molar-refractivity contribution in [3.05, 3.63) is 65.1 Å². The molecule has 5 nitrogen and oxygen atoms in total. The van der Waals surface area contributed by atoms with Crippen LogP contribution in [-0.4, -0.2) is 45.6 Å². The monoisotopic (exact) mass is 468 g/mol. The van der Waals surface area contributed by atoms with Crippen LogP contribution in [0.2, 0.25) is 5.02 Å². The fourth-order valence-corrected chi connectivity index (χ4v) is 6.18. The molecule has 3 aromatic rings. The third-order valence-electron chi connectivity index (χ3n) is 7.30. The Morgan fingerprint density at radius 3 is 2.42 bits per heavy atom. The van der Waals surface area contributed by atoms with Gasteiger partial charge in [0.1, 0.15) is 11.5 Å². The summed E-state index contributed by atoms with van der Waals surface area (Å²) >= 11 is 6.51. The molecule has 174 valence electrons. The number of halogens is 2. The number of likely N-dealkylation sites (N-methyl/N-ethyl adjacent to an activating group) is 1. The highest BCUT2D eigenvalue weighted by atomic mass is 35.5. The van der Waals surface area contributed by atoms with Crippen LogP contribution in [0.4, 0.5) is 9.18 Å². The molecule has 2 aliphatic rings. The Morgan fingerprint density at radius 1 is 1.06 bits per heavy atom. The molecule has 0 aliphatic carbocycles. The molecule has 0 radical (unpaired) electrons. The standard InChI is InChI=1S/C26H30ClFN4O/c1-4-32-24(33)29-25(2,3)26(32,30-14-6-5-7-15-30)22-17-31(20-11-9-19(28)10-12-20)23-13-8-18(27)16-21(22)23/h8-13,16-17H,4-7,14-15H2,1-3H3,(H,29,33). The molecule has 2 aliphatic heterocycles. The molecule has 0 bridgehead atoms. The van der Waals surface area contributed by atoms with Gasteiger partial charge in [-0.05, 0) is 76.1 Å². The molecule has 2 amide bonds. The Balaban J connectivity index is 1.85. The predicted molar refractivity (Wildman–Crippen MR) is 130 cm³/mol. The average Bonchev–Trinajstić information content (AvgIpc) is 3.25. The van der Waals surface area contributed by atoms with E-state index >= 15 is 0 Å². The molecule has 0 spiro atoms. The van der Waals surface area contributed by atoms with Gasteiger partial charge in [-0.15, -0.1) is 0 Å². The van der Waals surface area contributed by atoms with Crippen molar-refractivity contribution < 1.29 is 9.18 Å². The van der Waals surface area contributed by atoms with Crippen molar-refractivity contribution in [2.45, 2.75) is 51.2 Å². The predicted octanol–water partition coefficient (Wildman–Crippen LogP) is 5.89. The van der Waals surface area contributed by atoms with Gasteiger partial charge in [0, 0.05) is 47.5 Å². The normalized spacial score (nSPS) is 23.3. The number of nitrogens with zero attached hydrogens (tertiary/aromatic N) is 3. The number of hydrogen-bond donors (Lipinski definition) is 1. The Labute approximate surface area is 199 Å². The number of carbonyl (C=O) groups is 1. The van der Waals surface area contributed by atoms with Crippen molar-refractivity contribution in [2.75, 3.05) is 19.6 Å². The van der Waals surface area contributed by atoms with Gasteiger partial charge < -0.3 is 14.8 Å². The SMILES string of the molecule is CCN1C(=O)NC(C)(C)C1(c1cn(-c2ccc(F)cc2)c2ccc(Cl)cc12)N1CCCCC1. The van der Waals surface area contributed by atoms with Crippen molar-refractivity contribution >= 4 is 28.5 Å². The van der Waals surface area contributed by atoms with Crippen molar-refractivity contribution in [2.24, 2.45) is 0 Å². The Morgan fingerprint density at radius 2 is 1.76 bits per heavy atom. The van der Waals surface area contributed by atoms with Crippen LogP contribution >= 0.6 is 11.6 Å². The first-order valence-corrected chi connectivity index (χ1v) is 12.1. The summed E-state index contributed by atoms with van der Waals surface area (Å²) in [5, 5.41) is 4.92. The number of rotatable bonds is 4. The van der Waals surface area contributed by atoms with Crippen molar-refractivity contribution in [3.63, 3.8) is 0 Å². The molecule has 2 aromatic carbocycles. The topological polar surface area (TPSA) is 40.5 Å². The quantitative estimate of drug-likeness (QED) is 0.519. The summed E-state index contributed by atoms with van der Waals surface area (Å²) < 4.78 is 15.8. The van der Waals surface area contributed by atoms with Gasteiger partial charge in [-0.2, -0.15) is 0 Å². The number of nitrogens with one attached hydrogen (secondary N) is 1. The summed E-state index contributed by atoms with van der Waals surface area (Å²) in [6.45, 7) is 8.67. The Bertz CT molecular complexity index is 1200. The second kappa shape index (κ2) is 8.03. The average molecular weight is 469 g/mol. The van der Waals surface area contributed by atoms with E-state index in [0.29, 0.717) is 11.6 Å². The van der Waals surface area contributed by atoms with E-state index in [0.717, 1.165) is 48.1 Å². The van der Waals surface area contributed by atoms with E-state index in [-0.39, 0.29) is 11.8 Å². The van der Waals surface area contributed by atoms with Crippen LogP contribution in [0.3, 0.4) is 0 Å². The van der Waals surface area contributed by atoms with Crippen LogP contribution in [0.5, 0.6) is 0 Å². The molecule has 3 heterocycles. The van der Waals surface area contributed by atoms with Crippen LogP contribution in [0, 0.1) is 5.82 Å². The van der Waals surface area contributed by atoms with E-state index < -0.39 is 11.2 Å². The number of piperidine rings is 1. The van der Waals surface area contributed by atoms with Crippen molar-refractivity contribution in [1.82, 2.24) is 19.7 Å². The molecule has 1 atom stereocenters. The fraction of sp³-hybridized carbons (Fsp3) is 0.423. The van der Waals surface area contributed by atoms with E-state index in [2.05, 4.69) is 34.8 Å². The van der Waals surface area contributed by atoms with Gasteiger partial charge in [0.25, 0.3) is 0 Å². The summed E-state index contributed by atoms with van der Waals surface area (Å²) in [6.07, 6.45) is 5.51. The van der Waals surface area contributed by atoms with E-state index in [1.807, 2.05) is 30.0 Å². The Hall–Kier alpha value is -2.57. The van der Waals surface area contributed by atoms with Crippen LogP contribution in [0.1, 0.15) is 45.6 Å². The molecular formula is C26H30ClFN4O. The summed E-state index contributed by atoms with van der Waals surface area (Å²) in [4.78, 5) is 17.7. The second-order valence-corrected chi connectivity index (χ2v) is 10.0. The fourth-order valence-electron chi connectivity index (χ4n) is 6.01. The number of carbonyl (C=O) groups excluding carboxylic acids is 1. The molecule has 7 heteroatoms. The van der Waals surface area contributed by atoms with Crippen molar-refractivity contribution in [1.29, 1.82) is 0 Å². The van der Waals surface area contributed by atoms with Crippen molar-refractivity contribution in [3.8, 4) is 5.69 Å². The first-order chi connectivity index (χ1) is 15.8. The minimum absolute atomic E-state index is 0.0576. The third-order valence-corrected chi connectivity index (χ3v) is 7.54. The van der Waals surface area contributed by atoms with Crippen LogP contribution in [0.15, 0.2) is 48.7 Å². The minimum atomic E-state index is -0.687. The zero-order valence-electron chi connectivity index (χ0n) is 19.4. The van der Waals surface area contributed by atoms with Crippen LogP contribution in [-0.2, 0) is 5.66 Å². The van der Waals surface area contributed by atoms with Gasteiger partial charge in [0.15, 0.2) is 0 Å². The molecule has 0 saturated carbocycles. The molecule has 2 fully saturated rings. The number of urea groups is 1. The maximum Gasteiger partial charge on any atom is 0.319 e. The van der Waals surface area contributed by atoms with Crippen LogP contribution < -0.4 is 5.32 Å². The number of likely N-dealkylation sites (tertiary alicyclic amines) is 1. The number of benzene rings is 2. The maximum atomic E-state index is 13.7. The van der Waals surface area contributed by atoms with Gasteiger partial charge in [-0.3, -0.25) is 4.90 Å². The van der Waals surface area contributed by atoms with Gasteiger partial charge in [-0.1, -0.05) is 18.0 Å². The number of amides is 2. The lowest BCUT2D eigenvalue weighted by molar-refractivity contribution is -0.0674. The van der Waals surface area contributed by atoms with E-state index in [1.165, 1.54) is 18.6 Å². The molecule has 1 N–H and O–H groups in total. The lowest BCUT2D eigenvalue weighted by Crippen LogP contribution is -2.66. The van der Waals surface area contributed by atoms with Crippen LogP contribution in [0.25, 0.3) is 16.6 Å². The first-order valence-electron chi connectivity index (χ1n) is 11.7. The molecular weight excluding hydrogens is 439 g/mol. The molecule has 1 unspecified atom stereocenters. The first kappa shape index (κ1) is 22.2. The van der Waals surface area contributed by atoms with E-state index in [9.17, 15) is 9.18 Å². The molecule has 2 saturated heterocycles.